The van der Waals surface area contributed by atoms with E-state index in [1.54, 1.807) is 6.92 Å². The number of aliphatic carboxylic acids is 1. The third-order valence-corrected chi connectivity index (χ3v) is 0.672. The summed E-state index contributed by atoms with van der Waals surface area (Å²) in [6.07, 6.45) is -0.907. The topological polar surface area (TPSA) is 112 Å². The van der Waals surface area contributed by atoms with E-state index in [0.29, 0.717) is 0 Å². The molecule has 0 aliphatic carbocycles. The molecule has 68 valence electrons. The first-order chi connectivity index (χ1) is 4.91. The Morgan fingerprint density at radius 3 is 1.82 bits per heavy atom. The summed E-state index contributed by atoms with van der Waals surface area (Å²) in [6.45, 7) is 1.61. The third-order valence-electron chi connectivity index (χ3n) is 0.672. The number of carboxylic acids is 1. The van der Waals surface area contributed by atoms with Crippen LogP contribution in [0.3, 0.4) is 0 Å². The second-order valence-electron chi connectivity index (χ2n) is 1.50. The molecule has 0 aliphatic rings. The van der Waals surface area contributed by atoms with Gasteiger partial charge in [0.25, 0.3) is 11.0 Å². The molecule has 0 radical (unpaired) electrons. The Hall–Kier alpha value is -0.660. The van der Waals surface area contributed by atoms with Crippen LogP contribution in [0, 0.1) is 0 Å². The van der Waals surface area contributed by atoms with Gasteiger partial charge in [0, 0.05) is 0 Å². The number of thiol groups is 1. The van der Waals surface area contributed by atoms with Gasteiger partial charge in [-0.15, -0.1) is 0 Å². The molecule has 0 spiro atoms. The average molecular weight is 186 g/mol. The van der Waals surface area contributed by atoms with Crippen molar-refractivity contribution in [1.29, 1.82) is 0 Å². The molecule has 0 bridgehead atoms. The van der Waals surface area contributed by atoms with Crippen LogP contribution in [0.5, 0.6) is 0 Å². The van der Waals surface area contributed by atoms with Gasteiger partial charge in [0.15, 0.2) is 6.10 Å². The molecular weight excluding hydrogens is 176 g/mol. The molecule has 3 N–H and O–H groups in total. The molecule has 0 aliphatic heterocycles. The lowest BCUT2D eigenvalue weighted by molar-refractivity contribution is -0.146. The van der Waals surface area contributed by atoms with Crippen LogP contribution in [0.15, 0.2) is 0 Å². The highest BCUT2D eigenvalue weighted by Gasteiger charge is 2.07. The van der Waals surface area contributed by atoms with E-state index in [9.17, 15) is 4.79 Å². The zero-order valence-electron chi connectivity index (χ0n) is 5.80. The SMILES string of the molecule is CCC(O)C(=O)O.O=[SH](=O)O. The summed E-state index contributed by atoms with van der Waals surface area (Å²) in [7, 11) is -3.12. The number of carbonyl (C=O) groups is 1. The highest BCUT2D eigenvalue weighted by Crippen LogP contribution is 1.86. The van der Waals surface area contributed by atoms with Crippen molar-refractivity contribution in [2.75, 3.05) is 0 Å². The fourth-order valence-corrected chi connectivity index (χ4v) is 0.175. The molecule has 7 heteroatoms. The van der Waals surface area contributed by atoms with Gasteiger partial charge in [-0.05, 0) is 6.42 Å². The Morgan fingerprint density at radius 1 is 1.55 bits per heavy atom. The van der Waals surface area contributed by atoms with Crippen LogP contribution in [0.25, 0.3) is 0 Å². The maximum absolute atomic E-state index is 9.68. The standard InChI is InChI=1S/C4H8O3.H2O3S/c1-2-3(5)4(6)7;1-4(2)3/h3,5H,2H2,1H3,(H,6,7);4H,(H,1,2,3). The normalized spacial score (nSPS) is 11.6. The molecule has 0 saturated carbocycles. The van der Waals surface area contributed by atoms with Crippen LogP contribution in [0.4, 0.5) is 0 Å². The zero-order chi connectivity index (χ0) is 9.44. The molecule has 0 fully saturated rings. The Kier molecular flexibility index (Phi) is 8.78. The van der Waals surface area contributed by atoms with E-state index >= 15 is 0 Å². The van der Waals surface area contributed by atoms with Crippen LogP contribution < -0.4 is 0 Å². The van der Waals surface area contributed by atoms with Crippen molar-refractivity contribution in [2.45, 2.75) is 19.4 Å². The van der Waals surface area contributed by atoms with E-state index in [1.807, 2.05) is 0 Å². The lowest BCUT2D eigenvalue weighted by Crippen LogP contribution is -2.17. The molecule has 0 rings (SSSR count). The molecule has 1 unspecified atom stereocenters. The van der Waals surface area contributed by atoms with Crippen molar-refractivity contribution in [3.8, 4) is 0 Å². The Bertz CT molecular complexity index is 165. The van der Waals surface area contributed by atoms with Gasteiger partial charge in [0.05, 0.1) is 0 Å². The number of hydrogen-bond donors (Lipinski definition) is 4. The Balaban J connectivity index is 0. The summed E-state index contributed by atoms with van der Waals surface area (Å²) in [5, 5.41) is 16.3. The van der Waals surface area contributed by atoms with Gasteiger partial charge in [-0.3, -0.25) is 4.55 Å². The summed E-state index contributed by atoms with van der Waals surface area (Å²) in [5.74, 6) is -1.15. The predicted octanol–water partition coefficient (Wildman–Crippen LogP) is -1.09. The van der Waals surface area contributed by atoms with Crippen molar-refractivity contribution in [3.05, 3.63) is 0 Å². The molecule has 0 saturated heterocycles. The number of aliphatic hydroxyl groups excluding tert-OH is 1. The summed E-state index contributed by atoms with van der Waals surface area (Å²) in [6, 6.07) is 0. The van der Waals surface area contributed by atoms with Gasteiger partial charge in [0.2, 0.25) is 0 Å². The van der Waals surface area contributed by atoms with Gasteiger partial charge in [-0.2, -0.15) is 0 Å². The van der Waals surface area contributed by atoms with E-state index in [2.05, 4.69) is 0 Å². The first-order valence-electron chi connectivity index (χ1n) is 2.66. The molecule has 0 heterocycles. The summed E-state index contributed by atoms with van der Waals surface area (Å²) >= 11 is 0. The predicted molar refractivity (Wildman–Crippen MR) is 36.9 cm³/mol. The second kappa shape index (κ2) is 7.45. The monoisotopic (exact) mass is 186 g/mol. The molecule has 6 nitrogen and oxygen atoms in total. The van der Waals surface area contributed by atoms with Crippen LogP contribution in [0.2, 0.25) is 0 Å². The van der Waals surface area contributed by atoms with Crippen molar-refractivity contribution in [3.63, 3.8) is 0 Å². The van der Waals surface area contributed by atoms with Gasteiger partial charge >= 0.3 is 5.97 Å². The highest BCUT2D eigenvalue weighted by molar-refractivity contribution is 7.66. The summed E-state index contributed by atoms with van der Waals surface area (Å²) in [5.41, 5.74) is 0. The van der Waals surface area contributed by atoms with Gasteiger partial charge in [0.1, 0.15) is 0 Å². The van der Waals surface area contributed by atoms with Crippen LogP contribution >= 0.6 is 0 Å². The Morgan fingerprint density at radius 2 is 1.82 bits per heavy atom. The van der Waals surface area contributed by atoms with Crippen molar-refractivity contribution in [2.24, 2.45) is 0 Å². The van der Waals surface area contributed by atoms with Crippen LogP contribution in [-0.4, -0.2) is 35.3 Å². The van der Waals surface area contributed by atoms with Gasteiger partial charge in [-0.1, -0.05) is 6.92 Å². The molecule has 0 aromatic carbocycles. The second-order valence-corrected chi connectivity index (χ2v) is 1.98. The minimum Gasteiger partial charge on any atom is -0.479 e. The number of rotatable bonds is 2. The molecule has 0 aromatic rings. The fraction of sp³-hybridized carbons (Fsp3) is 0.750. The first kappa shape index (κ1) is 13.0. The maximum Gasteiger partial charge on any atom is 0.332 e. The highest BCUT2D eigenvalue weighted by atomic mass is 32.2. The van der Waals surface area contributed by atoms with E-state index in [1.165, 1.54) is 0 Å². The minimum absolute atomic E-state index is 0.273. The number of hydrogen-bond acceptors (Lipinski definition) is 4. The van der Waals surface area contributed by atoms with Crippen LogP contribution in [-0.2, 0) is 15.8 Å². The Labute approximate surface area is 65.3 Å². The van der Waals surface area contributed by atoms with Crippen molar-refractivity contribution in [1.82, 2.24) is 0 Å². The fourth-order valence-electron chi connectivity index (χ4n) is 0.175. The van der Waals surface area contributed by atoms with Crippen LogP contribution in [0.1, 0.15) is 13.3 Å². The average Bonchev–Trinajstić information content (AvgIpc) is 1.85. The lowest BCUT2D eigenvalue weighted by atomic mass is 10.3. The quantitative estimate of drug-likeness (QED) is 0.322. The zero-order valence-corrected chi connectivity index (χ0v) is 6.69. The molecule has 0 amide bonds. The third kappa shape index (κ3) is 17.6. The lowest BCUT2D eigenvalue weighted by Gasteiger charge is -1.95. The van der Waals surface area contributed by atoms with E-state index in [-0.39, 0.29) is 6.42 Å². The van der Waals surface area contributed by atoms with Gasteiger partial charge < -0.3 is 10.2 Å². The summed E-state index contributed by atoms with van der Waals surface area (Å²) < 4.78 is 24.2. The largest absolute Gasteiger partial charge is 0.479 e. The summed E-state index contributed by atoms with van der Waals surface area (Å²) in [4.78, 5) is 9.68. The molecule has 0 aromatic heterocycles. The maximum atomic E-state index is 9.68. The van der Waals surface area contributed by atoms with E-state index in [0.717, 1.165) is 0 Å². The van der Waals surface area contributed by atoms with E-state index < -0.39 is 23.1 Å². The molecule has 11 heavy (non-hydrogen) atoms. The smallest absolute Gasteiger partial charge is 0.332 e. The molecule has 1 atom stereocenters. The van der Waals surface area contributed by atoms with Crippen molar-refractivity contribution < 1.29 is 28.0 Å². The van der Waals surface area contributed by atoms with E-state index in [4.69, 9.17) is 23.2 Å². The minimum atomic E-state index is -3.12. The number of carboxylic acid groups (broad SMARTS) is 1. The first-order valence-corrected chi connectivity index (χ1v) is 3.79. The molecular formula is C4H10O6S. The van der Waals surface area contributed by atoms with Gasteiger partial charge in [-0.25, -0.2) is 13.2 Å². The number of aliphatic hydroxyl groups is 1. The van der Waals surface area contributed by atoms with Crippen molar-refractivity contribution >= 4 is 17.0 Å².